The maximum atomic E-state index is 12.8. The SMILES string of the molecule is COc1ccc(OC)c(NC(=O)C2CN(S(C)(=O)=O)c3cc(C)ccc3O2)c1. The largest absolute Gasteiger partial charge is 0.497 e. The van der Waals surface area contributed by atoms with E-state index in [9.17, 15) is 13.2 Å². The Morgan fingerprint density at radius 2 is 1.93 bits per heavy atom. The summed E-state index contributed by atoms with van der Waals surface area (Å²) in [5.41, 5.74) is 1.71. The molecule has 0 saturated carbocycles. The van der Waals surface area contributed by atoms with Crippen LogP contribution in [0.1, 0.15) is 5.56 Å². The van der Waals surface area contributed by atoms with Crippen LogP contribution in [0.5, 0.6) is 17.2 Å². The van der Waals surface area contributed by atoms with Gasteiger partial charge in [-0.3, -0.25) is 9.10 Å². The van der Waals surface area contributed by atoms with Crippen molar-refractivity contribution in [3.05, 3.63) is 42.0 Å². The Morgan fingerprint density at radius 3 is 2.57 bits per heavy atom. The molecule has 1 unspecified atom stereocenters. The Labute approximate surface area is 164 Å². The fraction of sp³-hybridized carbons (Fsp3) is 0.316. The molecule has 2 aromatic rings. The number of hydrogen-bond donors (Lipinski definition) is 1. The summed E-state index contributed by atoms with van der Waals surface area (Å²) in [6.07, 6.45) is 0.0747. The van der Waals surface area contributed by atoms with Crippen LogP contribution in [0, 0.1) is 6.92 Å². The van der Waals surface area contributed by atoms with Gasteiger partial charge in [-0.05, 0) is 36.8 Å². The number of methoxy groups -OCH3 is 2. The monoisotopic (exact) mass is 406 g/mol. The van der Waals surface area contributed by atoms with Crippen molar-refractivity contribution in [2.45, 2.75) is 13.0 Å². The maximum Gasteiger partial charge on any atom is 0.267 e. The zero-order valence-corrected chi connectivity index (χ0v) is 16.9. The number of fused-ring (bicyclic) bond motifs is 1. The lowest BCUT2D eigenvalue weighted by Crippen LogP contribution is -2.48. The predicted octanol–water partition coefficient (Wildman–Crippen LogP) is 2.18. The van der Waals surface area contributed by atoms with Crippen molar-refractivity contribution in [2.75, 3.05) is 36.6 Å². The molecule has 2 aromatic carbocycles. The topological polar surface area (TPSA) is 94.2 Å². The molecule has 0 radical (unpaired) electrons. The van der Waals surface area contributed by atoms with Gasteiger partial charge in [-0.25, -0.2) is 8.42 Å². The molecule has 0 saturated heterocycles. The Balaban J connectivity index is 1.90. The summed E-state index contributed by atoms with van der Waals surface area (Å²) < 4.78 is 42.0. The Bertz CT molecular complexity index is 1010. The van der Waals surface area contributed by atoms with Crippen LogP contribution in [0.4, 0.5) is 11.4 Å². The van der Waals surface area contributed by atoms with Gasteiger partial charge < -0.3 is 19.5 Å². The molecule has 9 heteroatoms. The van der Waals surface area contributed by atoms with E-state index in [1.54, 1.807) is 36.4 Å². The van der Waals surface area contributed by atoms with Crippen molar-refractivity contribution in [1.29, 1.82) is 0 Å². The number of sulfonamides is 1. The maximum absolute atomic E-state index is 12.8. The summed E-state index contributed by atoms with van der Waals surface area (Å²) in [4.78, 5) is 12.8. The van der Waals surface area contributed by atoms with Gasteiger partial charge in [-0.2, -0.15) is 0 Å². The van der Waals surface area contributed by atoms with Gasteiger partial charge in [0.1, 0.15) is 17.2 Å². The van der Waals surface area contributed by atoms with Gasteiger partial charge in [-0.1, -0.05) is 6.07 Å². The highest BCUT2D eigenvalue weighted by atomic mass is 32.2. The summed E-state index contributed by atoms with van der Waals surface area (Å²) in [6, 6.07) is 10.2. The van der Waals surface area contributed by atoms with Gasteiger partial charge in [0, 0.05) is 6.07 Å². The minimum atomic E-state index is -3.59. The summed E-state index contributed by atoms with van der Waals surface area (Å²) in [5.74, 6) is 0.826. The van der Waals surface area contributed by atoms with Gasteiger partial charge in [0.2, 0.25) is 10.0 Å². The normalized spacial score (nSPS) is 16.0. The number of ether oxygens (including phenoxy) is 3. The van der Waals surface area contributed by atoms with Gasteiger partial charge >= 0.3 is 0 Å². The highest BCUT2D eigenvalue weighted by Gasteiger charge is 2.35. The molecule has 0 aromatic heterocycles. The van der Waals surface area contributed by atoms with Crippen molar-refractivity contribution in [1.82, 2.24) is 0 Å². The summed E-state index contributed by atoms with van der Waals surface area (Å²) in [7, 11) is -0.591. The molecular weight excluding hydrogens is 384 g/mol. The van der Waals surface area contributed by atoms with Crippen molar-refractivity contribution < 1.29 is 27.4 Å². The highest BCUT2D eigenvalue weighted by molar-refractivity contribution is 7.92. The molecule has 28 heavy (non-hydrogen) atoms. The van der Waals surface area contributed by atoms with E-state index in [1.165, 1.54) is 18.5 Å². The summed E-state index contributed by atoms with van der Waals surface area (Å²) >= 11 is 0. The number of hydrogen-bond acceptors (Lipinski definition) is 6. The predicted molar refractivity (Wildman–Crippen MR) is 106 cm³/mol. The number of nitrogens with zero attached hydrogens (tertiary/aromatic N) is 1. The number of nitrogens with one attached hydrogen (secondary N) is 1. The number of amides is 1. The Kier molecular flexibility index (Phi) is 5.37. The first-order chi connectivity index (χ1) is 13.2. The lowest BCUT2D eigenvalue weighted by molar-refractivity contribution is -0.122. The molecule has 8 nitrogen and oxygen atoms in total. The summed E-state index contributed by atoms with van der Waals surface area (Å²) in [5, 5.41) is 2.73. The van der Waals surface area contributed by atoms with E-state index in [4.69, 9.17) is 14.2 Å². The summed E-state index contributed by atoms with van der Waals surface area (Å²) in [6.45, 7) is 1.72. The third-order valence-corrected chi connectivity index (χ3v) is 5.49. The van der Waals surface area contributed by atoms with E-state index in [0.29, 0.717) is 28.6 Å². The van der Waals surface area contributed by atoms with Crippen molar-refractivity contribution in [3.63, 3.8) is 0 Å². The second-order valence-electron chi connectivity index (χ2n) is 6.43. The van der Waals surface area contributed by atoms with Crippen molar-refractivity contribution in [2.24, 2.45) is 0 Å². The smallest absolute Gasteiger partial charge is 0.267 e. The number of carbonyl (C=O) groups is 1. The van der Waals surface area contributed by atoms with Crippen LogP contribution in [-0.4, -0.2) is 47.4 Å². The molecule has 1 N–H and O–H groups in total. The second-order valence-corrected chi connectivity index (χ2v) is 8.33. The van der Waals surface area contributed by atoms with Crippen LogP contribution in [0.3, 0.4) is 0 Å². The molecule has 1 amide bonds. The van der Waals surface area contributed by atoms with Gasteiger partial charge in [0.05, 0.1) is 38.4 Å². The van der Waals surface area contributed by atoms with Crippen LogP contribution in [-0.2, 0) is 14.8 Å². The van der Waals surface area contributed by atoms with E-state index in [2.05, 4.69) is 5.32 Å². The second kappa shape index (κ2) is 7.59. The molecule has 0 bridgehead atoms. The van der Waals surface area contributed by atoms with Crippen LogP contribution in [0.2, 0.25) is 0 Å². The molecular formula is C19H22N2O6S. The molecule has 1 aliphatic rings. The zero-order chi connectivity index (χ0) is 20.5. The van der Waals surface area contributed by atoms with Crippen molar-refractivity contribution in [3.8, 4) is 17.2 Å². The molecule has 0 aliphatic carbocycles. The first kappa shape index (κ1) is 19.8. The molecule has 0 fully saturated rings. The van der Waals surface area contributed by atoms with Crippen LogP contribution in [0.25, 0.3) is 0 Å². The standard InChI is InChI=1S/C19H22N2O6S/c1-12-5-7-17-15(9-12)21(28(4,23)24)11-18(27-17)19(22)20-14-10-13(25-2)6-8-16(14)26-3/h5-10,18H,11H2,1-4H3,(H,20,22). The minimum Gasteiger partial charge on any atom is -0.497 e. The average molecular weight is 406 g/mol. The first-order valence-electron chi connectivity index (χ1n) is 8.51. The van der Waals surface area contributed by atoms with Gasteiger partial charge in [-0.15, -0.1) is 0 Å². The van der Waals surface area contributed by atoms with E-state index in [1.807, 2.05) is 6.92 Å². The fourth-order valence-corrected chi connectivity index (χ4v) is 3.84. The Hall–Kier alpha value is -2.94. The quantitative estimate of drug-likeness (QED) is 0.818. The highest BCUT2D eigenvalue weighted by Crippen LogP contribution is 2.36. The molecule has 3 rings (SSSR count). The molecule has 1 atom stereocenters. The fourth-order valence-electron chi connectivity index (χ4n) is 2.94. The number of carbonyl (C=O) groups excluding carboxylic acids is 1. The average Bonchev–Trinajstić information content (AvgIpc) is 2.66. The zero-order valence-electron chi connectivity index (χ0n) is 16.1. The van der Waals surface area contributed by atoms with E-state index in [0.717, 1.165) is 11.8 Å². The van der Waals surface area contributed by atoms with E-state index < -0.39 is 22.0 Å². The molecule has 150 valence electrons. The van der Waals surface area contributed by atoms with Gasteiger partial charge in [0.25, 0.3) is 5.91 Å². The van der Waals surface area contributed by atoms with Crippen LogP contribution >= 0.6 is 0 Å². The third kappa shape index (κ3) is 3.99. The van der Waals surface area contributed by atoms with Crippen molar-refractivity contribution >= 4 is 27.3 Å². The molecule has 0 spiro atoms. The number of aryl methyl sites for hydroxylation is 1. The van der Waals surface area contributed by atoms with Crippen LogP contribution < -0.4 is 23.8 Å². The molecule has 1 aliphatic heterocycles. The lowest BCUT2D eigenvalue weighted by atomic mass is 10.1. The third-order valence-electron chi connectivity index (χ3n) is 4.34. The number of anilines is 2. The van der Waals surface area contributed by atoms with Gasteiger partial charge in [0.15, 0.2) is 6.10 Å². The molecule has 1 heterocycles. The van der Waals surface area contributed by atoms with Crippen LogP contribution in [0.15, 0.2) is 36.4 Å². The number of rotatable bonds is 5. The first-order valence-corrected chi connectivity index (χ1v) is 10.4. The number of benzene rings is 2. The minimum absolute atomic E-state index is 0.132. The van der Waals surface area contributed by atoms with E-state index in [-0.39, 0.29) is 6.54 Å². The lowest BCUT2D eigenvalue weighted by Gasteiger charge is -2.34. The van der Waals surface area contributed by atoms with E-state index >= 15 is 0 Å². The Morgan fingerprint density at radius 1 is 1.18 bits per heavy atom.